The molecule has 0 aromatic heterocycles. The van der Waals surface area contributed by atoms with Crippen molar-refractivity contribution in [1.82, 2.24) is 0 Å². The predicted octanol–water partition coefficient (Wildman–Crippen LogP) is 4.97. The van der Waals surface area contributed by atoms with Crippen molar-refractivity contribution < 1.29 is 33.8 Å². The minimum absolute atomic E-state index is 0.0685. The van der Waals surface area contributed by atoms with Gasteiger partial charge in [-0.15, -0.1) is 0 Å². The van der Waals surface area contributed by atoms with E-state index in [0.29, 0.717) is 34.7 Å². The lowest BCUT2D eigenvalue weighted by Crippen LogP contribution is -2.54. The molecule has 1 aliphatic heterocycles. The van der Waals surface area contributed by atoms with E-state index < -0.39 is 35.0 Å². The van der Waals surface area contributed by atoms with Gasteiger partial charge in [0.2, 0.25) is 11.8 Å². The van der Waals surface area contributed by atoms with E-state index in [-0.39, 0.29) is 35.6 Å². The van der Waals surface area contributed by atoms with Crippen molar-refractivity contribution in [3.63, 3.8) is 0 Å². The lowest BCUT2D eigenvalue weighted by Gasteiger charge is -2.54. The number of carbonyl (C=O) groups excluding carboxylic acids is 4. The molecule has 2 fully saturated rings. The van der Waals surface area contributed by atoms with E-state index in [9.17, 15) is 24.3 Å². The van der Waals surface area contributed by atoms with Gasteiger partial charge >= 0.3 is 0 Å². The summed E-state index contributed by atoms with van der Waals surface area (Å²) < 4.78 is 12.4. The number of nitrogens with zero attached hydrogens (tertiary/aromatic N) is 1. The van der Waals surface area contributed by atoms with Crippen LogP contribution in [0.4, 0.5) is 5.69 Å². The first kappa shape index (κ1) is 27.7. The number of methoxy groups -OCH3 is 2. The highest BCUT2D eigenvalue weighted by molar-refractivity contribution is 14.1. The number of benzene rings is 2. The zero-order chi connectivity index (χ0) is 29.4. The van der Waals surface area contributed by atoms with Crippen LogP contribution in [0.5, 0.6) is 17.2 Å². The first-order valence-electron chi connectivity index (χ1n) is 13.6. The number of phenols is 1. The first-order chi connectivity index (χ1) is 19.5. The summed E-state index contributed by atoms with van der Waals surface area (Å²) in [6.07, 6.45) is 4.00. The maximum absolute atomic E-state index is 14.1. The number of aromatic hydroxyl groups is 1. The summed E-state index contributed by atoms with van der Waals surface area (Å²) >= 11 is 2.18. The second-order valence-electron chi connectivity index (χ2n) is 11.5. The minimum Gasteiger partial charge on any atom is -0.508 e. The average molecular weight is 667 g/mol. The molecule has 8 nitrogen and oxygen atoms in total. The number of ketones is 2. The fourth-order valence-corrected chi connectivity index (χ4v) is 8.12. The molecule has 6 atom stereocenters. The van der Waals surface area contributed by atoms with E-state index in [0.717, 1.165) is 9.14 Å². The smallest absolute Gasteiger partial charge is 0.238 e. The number of phenolic OH excluding ortho intramolecular Hbond substituents is 1. The van der Waals surface area contributed by atoms with Crippen LogP contribution in [-0.2, 0) is 19.2 Å². The second kappa shape index (κ2) is 9.82. The molecule has 2 aromatic carbocycles. The van der Waals surface area contributed by atoms with Gasteiger partial charge in [-0.05, 0) is 84.2 Å². The molecule has 1 saturated carbocycles. The molecule has 4 aliphatic rings. The van der Waals surface area contributed by atoms with Crippen molar-refractivity contribution in [3.05, 3.63) is 68.8 Å². The molecule has 6 rings (SSSR count). The van der Waals surface area contributed by atoms with Gasteiger partial charge in [-0.25, -0.2) is 0 Å². The first-order valence-corrected chi connectivity index (χ1v) is 14.7. The molecule has 1 N–H and O–H groups in total. The van der Waals surface area contributed by atoms with Crippen molar-refractivity contribution in [2.45, 2.75) is 32.6 Å². The Morgan fingerprint density at radius 2 is 1.61 bits per heavy atom. The van der Waals surface area contributed by atoms with Crippen LogP contribution in [0, 0.1) is 32.7 Å². The summed E-state index contributed by atoms with van der Waals surface area (Å²) in [5.74, 6) is -3.37. The van der Waals surface area contributed by atoms with Crippen LogP contribution in [0.3, 0.4) is 0 Å². The largest absolute Gasteiger partial charge is 0.508 e. The maximum Gasteiger partial charge on any atom is 0.238 e. The summed E-state index contributed by atoms with van der Waals surface area (Å²) in [4.78, 5) is 56.8. The van der Waals surface area contributed by atoms with Gasteiger partial charge in [0.25, 0.3) is 0 Å². The fraction of sp³-hybridized carbons (Fsp3) is 0.375. The Morgan fingerprint density at radius 1 is 0.976 bits per heavy atom. The molecule has 1 heterocycles. The van der Waals surface area contributed by atoms with Crippen LogP contribution in [0.15, 0.2) is 59.7 Å². The van der Waals surface area contributed by atoms with Gasteiger partial charge in [0.05, 0.1) is 37.2 Å². The molecule has 0 spiro atoms. The van der Waals surface area contributed by atoms with Crippen molar-refractivity contribution in [2.75, 3.05) is 19.1 Å². The number of ether oxygens (including phenoxy) is 2. The minimum atomic E-state index is -1.19. The number of amides is 2. The number of carbonyl (C=O) groups is 4. The summed E-state index contributed by atoms with van der Waals surface area (Å²) in [7, 11) is 2.94. The van der Waals surface area contributed by atoms with Gasteiger partial charge in [-0.3, -0.25) is 24.1 Å². The molecule has 212 valence electrons. The molecule has 1 saturated heterocycles. The highest BCUT2D eigenvalue weighted by Gasteiger charge is 2.64. The number of Topliss-reactive ketones (excluding diaryl/α,β-unsaturated/α-hetero) is 1. The third kappa shape index (κ3) is 3.91. The molecule has 0 radical (unpaired) electrons. The molecule has 41 heavy (non-hydrogen) atoms. The van der Waals surface area contributed by atoms with Gasteiger partial charge in [-0.1, -0.05) is 18.6 Å². The number of allylic oxidation sites excluding steroid dienone is 4. The summed E-state index contributed by atoms with van der Waals surface area (Å²) in [5.41, 5.74) is 1.08. The van der Waals surface area contributed by atoms with Crippen molar-refractivity contribution in [1.29, 1.82) is 0 Å². The molecular weight excluding hydrogens is 637 g/mol. The van der Waals surface area contributed by atoms with E-state index in [2.05, 4.69) is 22.6 Å². The van der Waals surface area contributed by atoms with Crippen LogP contribution >= 0.6 is 22.6 Å². The lowest BCUT2D eigenvalue weighted by atomic mass is 9.47. The van der Waals surface area contributed by atoms with Gasteiger partial charge in [-0.2, -0.15) is 0 Å². The molecule has 2 aromatic rings. The molecular formula is C32H30INO7. The normalized spacial score (nSPS) is 30.8. The summed E-state index contributed by atoms with van der Waals surface area (Å²) in [6, 6.07) is 10.2. The Kier molecular flexibility index (Phi) is 6.63. The third-order valence-corrected chi connectivity index (χ3v) is 10.3. The van der Waals surface area contributed by atoms with Crippen molar-refractivity contribution in [3.8, 4) is 17.2 Å². The SMILES string of the molecule is COc1cc(O)cc(OC)c1[C@H]1C2=CC[C@@H]3C(=O)N(c4ccc(I)cc4)C(=O)[C@@H]3[C@@H]2C[C@H]2C(=O)C=C(C)C(=O)[C@@]12C. The number of fused-ring (bicyclic) bond motifs is 4. The van der Waals surface area contributed by atoms with Crippen LogP contribution in [0.25, 0.3) is 0 Å². The Hall–Kier alpha value is -3.47. The lowest BCUT2D eigenvalue weighted by molar-refractivity contribution is -0.141. The highest BCUT2D eigenvalue weighted by Crippen LogP contribution is 2.64. The summed E-state index contributed by atoms with van der Waals surface area (Å²) in [5, 5.41) is 10.4. The van der Waals surface area contributed by atoms with E-state index >= 15 is 0 Å². The van der Waals surface area contributed by atoms with Gasteiger partial charge in [0.1, 0.15) is 17.2 Å². The standard InChI is InChI=1S/C32H30INO7/c1-15-11-23(36)22-14-21-19(9-10-20-26(21)31(39)34(30(20)38)17-7-5-16(33)6-8-17)28(32(22,2)29(15)37)27-24(40-3)12-18(35)13-25(27)41-4/h5-9,11-13,20-22,26,28,35H,10,14H2,1-4H3/t20-,21+,22-,26-,28+,32+/m0/s1. The number of hydrogen-bond donors (Lipinski definition) is 1. The van der Waals surface area contributed by atoms with E-state index in [1.165, 1.54) is 37.3 Å². The van der Waals surface area contributed by atoms with E-state index in [1.807, 2.05) is 25.1 Å². The van der Waals surface area contributed by atoms with E-state index in [1.54, 1.807) is 19.1 Å². The zero-order valence-corrected chi connectivity index (χ0v) is 25.3. The van der Waals surface area contributed by atoms with Crippen LogP contribution < -0.4 is 14.4 Å². The molecule has 9 heteroatoms. The Morgan fingerprint density at radius 3 is 2.22 bits per heavy atom. The van der Waals surface area contributed by atoms with Gasteiger partial charge in [0.15, 0.2) is 11.6 Å². The van der Waals surface area contributed by atoms with Gasteiger partial charge in [0, 0.05) is 33.1 Å². The van der Waals surface area contributed by atoms with Gasteiger partial charge < -0.3 is 14.6 Å². The fourth-order valence-electron chi connectivity index (χ4n) is 7.76. The van der Waals surface area contributed by atoms with E-state index in [4.69, 9.17) is 9.47 Å². The molecule has 3 aliphatic carbocycles. The number of hydrogen-bond acceptors (Lipinski definition) is 7. The third-order valence-electron chi connectivity index (χ3n) is 9.54. The predicted molar refractivity (Wildman–Crippen MR) is 159 cm³/mol. The molecule has 2 amide bonds. The number of rotatable bonds is 4. The summed E-state index contributed by atoms with van der Waals surface area (Å²) in [6.45, 7) is 3.47. The van der Waals surface area contributed by atoms with Crippen LogP contribution in [-0.4, -0.2) is 42.7 Å². The van der Waals surface area contributed by atoms with Crippen LogP contribution in [0.2, 0.25) is 0 Å². The quantitative estimate of drug-likeness (QED) is 0.279. The number of anilines is 1. The Labute approximate surface area is 251 Å². The van der Waals surface area contributed by atoms with Crippen molar-refractivity contribution in [2.24, 2.45) is 29.1 Å². The average Bonchev–Trinajstić information content (AvgIpc) is 3.21. The molecule has 0 unspecified atom stereocenters. The van der Waals surface area contributed by atoms with Crippen LogP contribution in [0.1, 0.15) is 38.2 Å². The zero-order valence-electron chi connectivity index (χ0n) is 23.1. The Balaban J connectivity index is 1.55. The topological polar surface area (TPSA) is 110 Å². The number of halogens is 1. The highest BCUT2D eigenvalue weighted by atomic mass is 127. The second-order valence-corrected chi connectivity index (χ2v) is 12.7. The maximum atomic E-state index is 14.1. The Bertz CT molecular complexity index is 1550. The monoisotopic (exact) mass is 667 g/mol. The molecule has 0 bridgehead atoms. The number of imide groups is 1. The van der Waals surface area contributed by atoms with Crippen molar-refractivity contribution >= 4 is 51.7 Å².